The third kappa shape index (κ3) is 2.20. The fourth-order valence-electron chi connectivity index (χ4n) is 3.05. The third-order valence-electron chi connectivity index (χ3n) is 4.38. The molecule has 3 rings (SSSR count). The van der Waals surface area contributed by atoms with Crippen LogP contribution in [-0.4, -0.2) is 53.0 Å². The number of nitrogens with one attached hydrogen (secondary N) is 2. The second-order valence-corrected chi connectivity index (χ2v) is 5.52. The average molecular weight is 277 g/mol. The first-order valence-corrected chi connectivity index (χ1v) is 6.97. The van der Waals surface area contributed by atoms with Gasteiger partial charge in [0.25, 0.3) is 5.91 Å². The molecule has 1 aromatic heterocycles. The van der Waals surface area contributed by atoms with E-state index in [9.17, 15) is 9.59 Å². The van der Waals surface area contributed by atoms with Gasteiger partial charge < -0.3 is 19.9 Å². The summed E-state index contributed by atoms with van der Waals surface area (Å²) in [5.41, 5.74) is 0.298. The van der Waals surface area contributed by atoms with E-state index in [1.807, 2.05) is 17.9 Å². The summed E-state index contributed by atoms with van der Waals surface area (Å²) in [6.07, 6.45) is 3.25. The molecule has 2 amide bonds. The van der Waals surface area contributed by atoms with Gasteiger partial charge in [-0.15, -0.1) is 0 Å². The molecule has 2 aliphatic heterocycles. The van der Waals surface area contributed by atoms with Gasteiger partial charge in [0.2, 0.25) is 5.91 Å². The minimum atomic E-state index is -0.319. The number of rotatable bonds is 1. The first kappa shape index (κ1) is 13.2. The van der Waals surface area contributed by atoms with E-state index in [-0.39, 0.29) is 30.1 Å². The molecule has 0 radical (unpaired) electrons. The van der Waals surface area contributed by atoms with Crippen LogP contribution in [0.4, 0.5) is 0 Å². The molecular formula is C14H19N3O3. The predicted molar refractivity (Wildman–Crippen MR) is 72.2 cm³/mol. The van der Waals surface area contributed by atoms with Gasteiger partial charge in [0.05, 0.1) is 11.6 Å². The Labute approximate surface area is 117 Å². The van der Waals surface area contributed by atoms with Gasteiger partial charge in [-0.3, -0.25) is 9.59 Å². The molecule has 1 aromatic rings. The maximum atomic E-state index is 12.2. The summed E-state index contributed by atoms with van der Waals surface area (Å²) in [7, 11) is 0. The maximum Gasteiger partial charge on any atom is 0.270 e. The van der Waals surface area contributed by atoms with E-state index in [2.05, 4.69) is 10.3 Å². The first-order chi connectivity index (χ1) is 9.61. The van der Waals surface area contributed by atoms with Crippen LogP contribution in [0.1, 0.15) is 30.3 Å². The number of carbonyl (C=O) groups is 2. The summed E-state index contributed by atoms with van der Waals surface area (Å²) in [6, 6.07) is 3.60. The van der Waals surface area contributed by atoms with E-state index in [4.69, 9.17) is 4.74 Å². The molecule has 6 nitrogen and oxygen atoms in total. The molecule has 0 saturated carbocycles. The number of nitrogens with zero attached hydrogens (tertiary/aromatic N) is 1. The summed E-state index contributed by atoms with van der Waals surface area (Å²) in [4.78, 5) is 28.3. The standard InChI is InChI=1S/C14H19N3O3/c1-10-14(20-9-12(18)16-10)4-7-17(8-5-14)13(19)11-3-2-6-15-11/h2-3,6,10,15H,4-5,7-9H2,1H3,(H,16,18). The number of hydrogen-bond donors (Lipinski definition) is 2. The van der Waals surface area contributed by atoms with Crippen molar-refractivity contribution in [3.05, 3.63) is 24.0 Å². The molecule has 2 saturated heterocycles. The van der Waals surface area contributed by atoms with E-state index < -0.39 is 0 Å². The number of aromatic amines is 1. The SMILES string of the molecule is CC1NC(=O)COC12CCN(C(=O)c1ccc[nH]1)CC2. The number of ether oxygens (including phenoxy) is 1. The summed E-state index contributed by atoms with van der Waals surface area (Å²) in [5, 5.41) is 2.94. The molecule has 1 atom stereocenters. The van der Waals surface area contributed by atoms with Crippen LogP contribution >= 0.6 is 0 Å². The van der Waals surface area contributed by atoms with Crippen molar-refractivity contribution in [2.45, 2.75) is 31.4 Å². The normalized spacial score (nSPS) is 25.6. The Bertz CT molecular complexity index is 504. The molecule has 6 heteroatoms. The molecule has 0 aliphatic carbocycles. The van der Waals surface area contributed by atoms with Crippen LogP contribution in [-0.2, 0) is 9.53 Å². The van der Waals surface area contributed by atoms with Crippen molar-refractivity contribution < 1.29 is 14.3 Å². The fraction of sp³-hybridized carbons (Fsp3) is 0.571. The highest BCUT2D eigenvalue weighted by atomic mass is 16.5. The van der Waals surface area contributed by atoms with Crippen molar-refractivity contribution in [3.63, 3.8) is 0 Å². The molecule has 1 unspecified atom stereocenters. The van der Waals surface area contributed by atoms with Gasteiger partial charge in [-0.25, -0.2) is 0 Å². The van der Waals surface area contributed by atoms with Crippen molar-refractivity contribution in [1.82, 2.24) is 15.2 Å². The van der Waals surface area contributed by atoms with Crippen LogP contribution in [0.5, 0.6) is 0 Å². The summed E-state index contributed by atoms with van der Waals surface area (Å²) < 4.78 is 5.79. The molecule has 0 bridgehead atoms. The van der Waals surface area contributed by atoms with Crippen molar-refractivity contribution in [3.8, 4) is 0 Å². The lowest BCUT2D eigenvalue weighted by molar-refractivity contribution is -0.158. The molecular weight excluding hydrogens is 258 g/mol. The van der Waals surface area contributed by atoms with E-state index in [0.29, 0.717) is 18.8 Å². The molecule has 1 spiro atoms. The van der Waals surface area contributed by atoms with Crippen LogP contribution in [0.2, 0.25) is 0 Å². The number of amides is 2. The van der Waals surface area contributed by atoms with Crippen LogP contribution < -0.4 is 5.32 Å². The van der Waals surface area contributed by atoms with Crippen molar-refractivity contribution in [1.29, 1.82) is 0 Å². The lowest BCUT2D eigenvalue weighted by Crippen LogP contribution is -2.63. The van der Waals surface area contributed by atoms with E-state index >= 15 is 0 Å². The van der Waals surface area contributed by atoms with Crippen LogP contribution in [0, 0.1) is 0 Å². The van der Waals surface area contributed by atoms with E-state index in [0.717, 1.165) is 12.8 Å². The number of likely N-dealkylation sites (tertiary alicyclic amines) is 1. The van der Waals surface area contributed by atoms with Gasteiger partial charge in [0, 0.05) is 19.3 Å². The summed E-state index contributed by atoms with van der Waals surface area (Å²) in [5.74, 6) is -0.0367. The maximum absolute atomic E-state index is 12.2. The topological polar surface area (TPSA) is 74.4 Å². The Morgan fingerprint density at radius 1 is 1.45 bits per heavy atom. The number of carbonyl (C=O) groups excluding carboxylic acids is 2. The number of piperidine rings is 1. The van der Waals surface area contributed by atoms with E-state index in [1.165, 1.54) is 0 Å². The smallest absolute Gasteiger partial charge is 0.270 e. The van der Waals surface area contributed by atoms with Crippen LogP contribution in [0.15, 0.2) is 18.3 Å². The molecule has 2 N–H and O–H groups in total. The highest BCUT2D eigenvalue weighted by Crippen LogP contribution is 2.32. The van der Waals surface area contributed by atoms with Crippen molar-refractivity contribution >= 4 is 11.8 Å². The molecule has 2 fully saturated rings. The summed E-state index contributed by atoms with van der Waals surface area (Å²) >= 11 is 0. The van der Waals surface area contributed by atoms with Crippen molar-refractivity contribution in [2.24, 2.45) is 0 Å². The zero-order chi connectivity index (χ0) is 14.2. The fourth-order valence-corrected chi connectivity index (χ4v) is 3.05. The van der Waals surface area contributed by atoms with Gasteiger partial charge in [-0.1, -0.05) is 0 Å². The first-order valence-electron chi connectivity index (χ1n) is 6.97. The second kappa shape index (κ2) is 4.94. The van der Waals surface area contributed by atoms with Gasteiger partial charge >= 0.3 is 0 Å². The zero-order valence-electron chi connectivity index (χ0n) is 11.5. The Hall–Kier alpha value is -1.82. The van der Waals surface area contributed by atoms with Gasteiger partial charge in [0.15, 0.2) is 0 Å². The summed E-state index contributed by atoms with van der Waals surface area (Å²) in [6.45, 7) is 3.39. The number of H-pyrrole nitrogens is 1. The average Bonchev–Trinajstić information content (AvgIpc) is 2.98. The van der Waals surface area contributed by atoms with E-state index in [1.54, 1.807) is 12.3 Å². The quantitative estimate of drug-likeness (QED) is 0.786. The minimum absolute atomic E-state index is 0.00788. The Morgan fingerprint density at radius 3 is 2.80 bits per heavy atom. The minimum Gasteiger partial charge on any atom is -0.363 e. The molecule has 3 heterocycles. The van der Waals surface area contributed by atoms with Crippen LogP contribution in [0.25, 0.3) is 0 Å². The third-order valence-corrected chi connectivity index (χ3v) is 4.38. The molecule has 0 aromatic carbocycles. The molecule has 2 aliphatic rings. The highest BCUT2D eigenvalue weighted by Gasteiger charge is 2.44. The molecule has 20 heavy (non-hydrogen) atoms. The second-order valence-electron chi connectivity index (χ2n) is 5.52. The lowest BCUT2D eigenvalue weighted by atomic mass is 9.83. The monoisotopic (exact) mass is 277 g/mol. The largest absolute Gasteiger partial charge is 0.363 e. The molecule has 108 valence electrons. The van der Waals surface area contributed by atoms with Gasteiger partial charge in [-0.05, 0) is 31.9 Å². The predicted octanol–water partition coefficient (Wildman–Crippen LogP) is 0.524. The number of morpholine rings is 1. The van der Waals surface area contributed by atoms with Gasteiger partial charge in [-0.2, -0.15) is 0 Å². The van der Waals surface area contributed by atoms with Crippen LogP contribution in [0.3, 0.4) is 0 Å². The van der Waals surface area contributed by atoms with Crippen molar-refractivity contribution in [2.75, 3.05) is 19.7 Å². The van der Waals surface area contributed by atoms with Gasteiger partial charge in [0.1, 0.15) is 12.3 Å². The highest BCUT2D eigenvalue weighted by molar-refractivity contribution is 5.92. The number of hydrogen-bond acceptors (Lipinski definition) is 3. The Morgan fingerprint density at radius 2 is 2.20 bits per heavy atom. The lowest BCUT2D eigenvalue weighted by Gasteiger charge is -2.47. The Balaban J connectivity index is 1.65. The zero-order valence-corrected chi connectivity index (χ0v) is 11.5. The number of aromatic nitrogens is 1. The Kier molecular flexibility index (Phi) is 3.25.